The molecule has 1 aliphatic heterocycles. The Morgan fingerprint density at radius 3 is 2.69 bits per heavy atom. The first-order valence-corrected chi connectivity index (χ1v) is 10.6. The number of fused-ring (bicyclic) bond motifs is 1. The molecule has 2 aromatic heterocycles. The van der Waals surface area contributed by atoms with Gasteiger partial charge in [-0.1, -0.05) is 12.1 Å². The predicted octanol–water partition coefficient (Wildman–Crippen LogP) is 4.56. The van der Waals surface area contributed by atoms with Gasteiger partial charge in [-0.2, -0.15) is 13.2 Å². The minimum absolute atomic E-state index is 0.00178. The summed E-state index contributed by atoms with van der Waals surface area (Å²) in [6.07, 6.45) is -1.03. The second-order valence-corrected chi connectivity index (χ2v) is 8.20. The van der Waals surface area contributed by atoms with Crippen LogP contribution in [0.25, 0.3) is 10.8 Å². The summed E-state index contributed by atoms with van der Waals surface area (Å²) >= 11 is 0. The lowest BCUT2D eigenvalue weighted by molar-refractivity contribution is -0.141. The first-order valence-electron chi connectivity index (χ1n) is 10.6. The Bertz CT molecular complexity index is 1080. The van der Waals surface area contributed by atoms with Gasteiger partial charge < -0.3 is 20.7 Å². The zero-order valence-corrected chi connectivity index (χ0v) is 17.8. The molecule has 0 atom stereocenters. The smallest absolute Gasteiger partial charge is 0.433 e. The average Bonchev–Trinajstić information content (AvgIpc) is 2.77. The number of nitrogens with one attached hydrogen (secondary N) is 1. The Morgan fingerprint density at radius 1 is 1.16 bits per heavy atom. The molecule has 3 heterocycles. The van der Waals surface area contributed by atoms with E-state index in [4.69, 9.17) is 10.5 Å². The van der Waals surface area contributed by atoms with Gasteiger partial charge in [0.05, 0.1) is 6.61 Å². The Labute approximate surface area is 184 Å². The number of hydrogen-bond acceptors (Lipinski definition) is 6. The maximum Gasteiger partial charge on any atom is 0.433 e. The summed E-state index contributed by atoms with van der Waals surface area (Å²) < 4.78 is 46.0. The van der Waals surface area contributed by atoms with Crippen LogP contribution in [0.4, 0.5) is 24.7 Å². The molecule has 3 aromatic rings. The number of anilines is 2. The summed E-state index contributed by atoms with van der Waals surface area (Å²) in [4.78, 5) is 10.0. The van der Waals surface area contributed by atoms with Crippen LogP contribution in [0, 0.1) is 5.92 Å². The first-order chi connectivity index (χ1) is 15.3. The number of benzene rings is 1. The van der Waals surface area contributed by atoms with E-state index in [0.717, 1.165) is 48.5 Å². The number of halogens is 3. The van der Waals surface area contributed by atoms with Crippen LogP contribution in [0.15, 0.2) is 42.6 Å². The molecule has 1 fully saturated rings. The van der Waals surface area contributed by atoms with E-state index < -0.39 is 11.9 Å². The van der Waals surface area contributed by atoms with Crippen molar-refractivity contribution in [1.29, 1.82) is 0 Å². The molecular weight excluding hydrogens is 419 g/mol. The lowest BCUT2D eigenvalue weighted by atomic mass is 9.98. The Hall–Kier alpha value is -3.07. The van der Waals surface area contributed by atoms with E-state index in [0.29, 0.717) is 23.9 Å². The van der Waals surface area contributed by atoms with Gasteiger partial charge in [0.2, 0.25) is 5.88 Å². The molecule has 4 rings (SSSR count). The molecule has 0 spiro atoms. The fourth-order valence-corrected chi connectivity index (χ4v) is 3.89. The minimum Gasteiger partial charge on any atom is -0.477 e. The number of nitrogens with zero attached hydrogens (tertiary/aromatic N) is 3. The Kier molecular flexibility index (Phi) is 6.36. The molecule has 1 aliphatic rings. The zero-order valence-electron chi connectivity index (χ0n) is 17.8. The van der Waals surface area contributed by atoms with Crippen molar-refractivity contribution in [1.82, 2.24) is 14.9 Å². The van der Waals surface area contributed by atoms with Crippen molar-refractivity contribution >= 4 is 22.3 Å². The van der Waals surface area contributed by atoms with E-state index in [-0.39, 0.29) is 12.4 Å². The molecule has 0 aliphatic carbocycles. The molecule has 0 amide bonds. The summed E-state index contributed by atoms with van der Waals surface area (Å²) in [5.74, 6) is 0.722. The van der Waals surface area contributed by atoms with Crippen LogP contribution in [0.2, 0.25) is 0 Å². The summed E-state index contributed by atoms with van der Waals surface area (Å²) in [5, 5.41) is 4.84. The molecule has 32 heavy (non-hydrogen) atoms. The molecular formula is C23H26F3N5O. The Morgan fingerprint density at radius 2 is 1.94 bits per heavy atom. The van der Waals surface area contributed by atoms with Crippen molar-refractivity contribution in [3.05, 3.63) is 53.9 Å². The summed E-state index contributed by atoms with van der Waals surface area (Å²) in [6.45, 7) is 2.47. The quantitative estimate of drug-likeness (QED) is 0.579. The predicted molar refractivity (Wildman–Crippen MR) is 118 cm³/mol. The number of aromatic nitrogens is 2. The van der Waals surface area contributed by atoms with E-state index in [1.54, 1.807) is 12.3 Å². The second kappa shape index (κ2) is 9.20. The van der Waals surface area contributed by atoms with Crippen LogP contribution >= 0.6 is 0 Å². The van der Waals surface area contributed by atoms with Crippen LogP contribution in [-0.2, 0) is 12.7 Å². The molecule has 170 valence electrons. The van der Waals surface area contributed by atoms with E-state index >= 15 is 0 Å². The number of piperidine rings is 1. The third-order valence-corrected chi connectivity index (χ3v) is 5.78. The van der Waals surface area contributed by atoms with Crippen molar-refractivity contribution in [2.24, 2.45) is 5.92 Å². The van der Waals surface area contributed by atoms with Gasteiger partial charge in [-0.3, -0.25) is 0 Å². The van der Waals surface area contributed by atoms with E-state index in [2.05, 4.69) is 27.2 Å². The first kappa shape index (κ1) is 22.1. The molecule has 1 aromatic carbocycles. The van der Waals surface area contributed by atoms with Gasteiger partial charge in [-0.05, 0) is 62.7 Å². The topological polar surface area (TPSA) is 76.3 Å². The molecule has 6 nitrogen and oxygen atoms in total. The maximum absolute atomic E-state index is 13.4. The Balaban J connectivity index is 1.52. The van der Waals surface area contributed by atoms with Crippen LogP contribution in [0.5, 0.6) is 5.88 Å². The third-order valence-electron chi connectivity index (χ3n) is 5.78. The monoisotopic (exact) mass is 445 g/mol. The molecule has 0 saturated carbocycles. The number of pyridine rings is 2. The number of hydrogen-bond donors (Lipinski definition) is 2. The highest BCUT2D eigenvalue weighted by Crippen LogP contribution is 2.31. The van der Waals surface area contributed by atoms with Crippen molar-refractivity contribution in [2.75, 3.05) is 37.8 Å². The van der Waals surface area contributed by atoms with Gasteiger partial charge >= 0.3 is 6.18 Å². The van der Waals surface area contributed by atoms with Crippen LogP contribution < -0.4 is 15.8 Å². The largest absolute Gasteiger partial charge is 0.477 e. The van der Waals surface area contributed by atoms with Crippen molar-refractivity contribution in [3.63, 3.8) is 0 Å². The van der Waals surface area contributed by atoms with E-state index in [9.17, 15) is 13.2 Å². The summed E-state index contributed by atoms with van der Waals surface area (Å²) in [5.41, 5.74) is 6.17. The lowest BCUT2D eigenvalue weighted by Gasteiger charge is -2.28. The third kappa shape index (κ3) is 5.21. The SMILES string of the molecule is CN1CCC(COc2cc(CNc3cccc4c(N)nccc34)cc(C(F)(F)F)n2)CC1. The summed E-state index contributed by atoms with van der Waals surface area (Å²) in [6, 6.07) is 9.97. The van der Waals surface area contributed by atoms with Crippen molar-refractivity contribution in [3.8, 4) is 5.88 Å². The van der Waals surface area contributed by atoms with Crippen LogP contribution in [0.3, 0.4) is 0 Å². The average molecular weight is 445 g/mol. The number of alkyl halides is 3. The van der Waals surface area contributed by atoms with Crippen LogP contribution in [-0.4, -0.2) is 41.6 Å². The van der Waals surface area contributed by atoms with Crippen molar-refractivity contribution in [2.45, 2.75) is 25.6 Å². The molecule has 0 radical (unpaired) electrons. The highest BCUT2D eigenvalue weighted by Gasteiger charge is 2.33. The standard InChI is InChI=1S/C23H26F3N5O/c1-31-9-6-15(7-10-31)14-32-21-12-16(11-20(30-21)23(24,25)26)13-29-19-4-2-3-18-17(19)5-8-28-22(18)27/h2-5,8,11-12,15,29H,6-7,9-10,13-14H2,1H3,(H2,27,28). The fourth-order valence-electron chi connectivity index (χ4n) is 3.89. The molecule has 9 heteroatoms. The van der Waals surface area contributed by atoms with Gasteiger partial charge in [-0.15, -0.1) is 0 Å². The zero-order chi connectivity index (χ0) is 22.7. The molecule has 0 unspecified atom stereocenters. The lowest BCUT2D eigenvalue weighted by Crippen LogP contribution is -2.32. The van der Waals surface area contributed by atoms with Gasteiger partial charge in [0, 0.05) is 35.3 Å². The number of rotatable bonds is 6. The molecule has 1 saturated heterocycles. The van der Waals surface area contributed by atoms with Crippen LogP contribution in [0.1, 0.15) is 24.1 Å². The highest BCUT2D eigenvalue weighted by atomic mass is 19.4. The number of likely N-dealkylation sites (tertiary alicyclic amines) is 1. The van der Waals surface area contributed by atoms with E-state index in [1.807, 2.05) is 24.3 Å². The summed E-state index contributed by atoms with van der Waals surface area (Å²) in [7, 11) is 2.06. The molecule has 0 bridgehead atoms. The van der Waals surface area contributed by atoms with Crippen molar-refractivity contribution < 1.29 is 17.9 Å². The second-order valence-electron chi connectivity index (χ2n) is 8.20. The van der Waals surface area contributed by atoms with Gasteiger partial charge in [-0.25, -0.2) is 9.97 Å². The minimum atomic E-state index is -4.55. The number of nitrogens with two attached hydrogens (primary N) is 1. The normalized spacial score (nSPS) is 15.8. The number of nitrogen functional groups attached to an aromatic ring is 1. The number of ether oxygens (including phenoxy) is 1. The maximum atomic E-state index is 13.4. The highest BCUT2D eigenvalue weighted by molar-refractivity contribution is 5.99. The van der Waals surface area contributed by atoms with E-state index in [1.165, 1.54) is 0 Å². The van der Waals surface area contributed by atoms with Gasteiger partial charge in [0.15, 0.2) is 0 Å². The van der Waals surface area contributed by atoms with Gasteiger partial charge in [0.25, 0.3) is 0 Å². The van der Waals surface area contributed by atoms with Gasteiger partial charge in [0.1, 0.15) is 11.5 Å². The molecule has 3 N–H and O–H groups in total. The fraction of sp³-hybridized carbons (Fsp3) is 0.391.